The first-order valence-electron chi connectivity index (χ1n) is 8.15. The molecule has 0 aliphatic rings. The summed E-state index contributed by atoms with van der Waals surface area (Å²) in [4.78, 5) is 11.8. The third kappa shape index (κ3) is 3.85. The van der Waals surface area contributed by atoms with E-state index in [1.165, 1.54) is 23.9 Å². The maximum absolute atomic E-state index is 12.9. The minimum Gasteiger partial charge on any atom is -0.465 e. The number of sulfonamides is 1. The second-order valence-electron chi connectivity index (χ2n) is 5.99. The van der Waals surface area contributed by atoms with Gasteiger partial charge < -0.3 is 4.74 Å². The van der Waals surface area contributed by atoms with Crippen LogP contribution < -0.4 is 4.72 Å². The summed E-state index contributed by atoms with van der Waals surface area (Å²) in [5.41, 5.74) is 2.22. The Bertz CT molecular complexity index is 1090. The second kappa shape index (κ2) is 7.24. The number of anilines is 1. The molecule has 1 heterocycles. The molecular weight excluding hydrogens is 366 g/mol. The van der Waals surface area contributed by atoms with Crippen molar-refractivity contribution >= 4 is 21.8 Å². The van der Waals surface area contributed by atoms with Gasteiger partial charge in [-0.3, -0.25) is 4.72 Å². The predicted octanol–water partition coefficient (Wildman–Crippen LogP) is 3.08. The van der Waals surface area contributed by atoms with Crippen molar-refractivity contribution in [1.29, 1.82) is 0 Å². The molecule has 3 aromatic rings. The van der Waals surface area contributed by atoms with Crippen molar-refractivity contribution in [3.8, 4) is 5.69 Å². The lowest BCUT2D eigenvalue weighted by atomic mass is 10.1. The van der Waals surface area contributed by atoms with E-state index in [0.717, 1.165) is 5.69 Å². The minimum absolute atomic E-state index is 0.0352. The SMILES string of the molecule is COC(=O)c1cc(S(=O)(=O)Nc2cc(C)nn2-c2ccccc2)ccc1C. The molecule has 2 aromatic carbocycles. The molecular formula is C19H19N3O4S. The first kappa shape index (κ1) is 18.7. The number of nitrogens with one attached hydrogen (secondary N) is 1. The Balaban J connectivity index is 2.00. The van der Waals surface area contributed by atoms with Crippen LogP contribution in [0.4, 0.5) is 5.82 Å². The Labute approximate surface area is 157 Å². The standard InChI is InChI=1S/C19H19N3O4S/c1-13-9-10-16(12-17(13)19(23)26-3)27(24,25)21-18-11-14(2)20-22(18)15-7-5-4-6-8-15/h4-12,21H,1-3H3. The molecule has 1 aromatic heterocycles. The zero-order valence-electron chi connectivity index (χ0n) is 15.1. The van der Waals surface area contributed by atoms with Crippen LogP contribution in [0.15, 0.2) is 59.5 Å². The molecule has 0 bridgehead atoms. The van der Waals surface area contributed by atoms with Crippen molar-refractivity contribution in [3.05, 3.63) is 71.4 Å². The van der Waals surface area contributed by atoms with Gasteiger partial charge in [0, 0.05) is 6.07 Å². The molecule has 8 heteroatoms. The molecule has 1 N–H and O–H groups in total. The quantitative estimate of drug-likeness (QED) is 0.682. The van der Waals surface area contributed by atoms with Gasteiger partial charge in [-0.05, 0) is 43.7 Å². The third-order valence-electron chi connectivity index (χ3n) is 4.00. The summed E-state index contributed by atoms with van der Waals surface area (Å²) in [5, 5.41) is 4.35. The molecule has 140 valence electrons. The summed E-state index contributed by atoms with van der Waals surface area (Å²) in [6.07, 6.45) is 0. The second-order valence-corrected chi connectivity index (χ2v) is 7.67. The highest BCUT2D eigenvalue weighted by Gasteiger charge is 2.21. The van der Waals surface area contributed by atoms with Gasteiger partial charge in [0.15, 0.2) is 0 Å². The minimum atomic E-state index is -3.93. The van der Waals surface area contributed by atoms with Crippen LogP contribution in [0.5, 0.6) is 0 Å². The smallest absolute Gasteiger partial charge is 0.338 e. The number of aromatic nitrogens is 2. The van der Waals surface area contributed by atoms with E-state index in [4.69, 9.17) is 4.74 Å². The van der Waals surface area contributed by atoms with E-state index in [2.05, 4.69) is 9.82 Å². The number of esters is 1. The number of carbonyl (C=O) groups is 1. The van der Waals surface area contributed by atoms with Gasteiger partial charge in [0.2, 0.25) is 0 Å². The molecule has 0 amide bonds. The molecule has 0 spiro atoms. The number of carbonyl (C=O) groups excluding carboxylic acids is 1. The Morgan fingerprint density at radius 1 is 1.07 bits per heavy atom. The number of para-hydroxylation sites is 1. The fourth-order valence-electron chi connectivity index (χ4n) is 2.63. The number of benzene rings is 2. The van der Waals surface area contributed by atoms with E-state index in [-0.39, 0.29) is 10.5 Å². The molecule has 0 aliphatic heterocycles. The third-order valence-corrected chi connectivity index (χ3v) is 5.35. The number of hydrogen-bond acceptors (Lipinski definition) is 5. The Morgan fingerprint density at radius 2 is 1.78 bits per heavy atom. The lowest BCUT2D eigenvalue weighted by molar-refractivity contribution is 0.0599. The van der Waals surface area contributed by atoms with E-state index >= 15 is 0 Å². The fraction of sp³-hybridized carbons (Fsp3) is 0.158. The van der Waals surface area contributed by atoms with Crippen LogP contribution in [-0.2, 0) is 14.8 Å². The summed E-state index contributed by atoms with van der Waals surface area (Å²) in [6, 6.07) is 15.2. The molecule has 0 radical (unpaired) electrons. The number of rotatable bonds is 5. The average Bonchev–Trinajstić information content (AvgIpc) is 3.01. The number of ether oxygens (including phenoxy) is 1. The number of nitrogens with zero attached hydrogens (tertiary/aromatic N) is 2. The van der Waals surface area contributed by atoms with Crippen molar-refractivity contribution in [2.45, 2.75) is 18.7 Å². The summed E-state index contributed by atoms with van der Waals surface area (Å²) in [6.45, 7) is 3.49. The summed E-state index contributed by atoms with van der Waals surface area (Å²) in [7, 11) is -2.68. The van der Waals surface area contributed by atoms with Crippen molar-refractivity contribution in [1.82, 2.24) is 9.78 Å². The maximum atomic E-state index is 12.9. The highest BCUT2D eigenvalue weighted by atomic mass is 32.2. The molecule has 27 heavy (non-hydrogen) atoms. The molecule has 0 fully saturated rings. The lowest BCUT2D eigenvalue weighted by Crippen LogP contribution is -2.17. The van der Waals surface area contributed by atoms with E-state index < -0.39 is 16.0 Å². The summed E-state index contributed by atoms with van der Waals surface area (Å²) < 4.78 is 34.5. The highest BCUT2D eigenvalue weighted by molar-refractivity contribution is 7.92. The maximum Gasteiger partial charge on any atom is 0.338 e. The van der Waals surface area contributed by atoms with Gasteiger partial charge in [-0.1, -0.05) is 24.3 Å². The van der Waals surface area contributed by atoms with E-state index in [1.807, 2.05) is 30.3 Å². The number of hydrogen-bond donors (Lipinski definition) is 1. The van der Waals surface area contributed by atoms with Crippen molar-refractivity contribution in [2.75, 3.05) is 11.8 Å². The molecule has 0 aliphatic carbocycles. The van der Waals surface area contributed by atoms with Gasteiger partial charge in [0.25, 0.3) is 10.0 Å². The summed E-state index contributed by atoms with van der Waals surface area (Å²) in [5.74, 6) is -0.284. The average molecular weight is 385 g/mol. The lowest BCUT2D eigenvalue weighted by Gasteiger charge is -2.12. The van der Waals surface area contributed by atoms with Gasteiger partial charge in [0.05, 0.1) is 29.0 Å². The van der Waals surface area contributed by atoms with Crippen LogP contribution in [0.3, 0.4) is 0 Å². The van der Waals surface area contributed by atoms with Crippen LogP contribution in [0.1, 0.15) is 21.6 Å². The zero-order valence-corrected chi connectivity index (χ0v) is 15.9. The molecule has 0 saturated carbocycles. The van der Waals surface area contributed by atoms with Crippen LogP contribution in [0.2, 0.25) is 0 Å². The molecule has 0 atom stereocenters. The Kier molecular flexibility index (Phi) is 5.00. The molecule has 7 nitrogen and oxygen atoms in total. The summed E-state index contributed by atoms with van der Waals surface area (Å²) >= 11 is 0. The zero-order chi connectivity index (χ0) is 19.6. The Hall–Kier alpha value is -3.13. The first-order valence-corrected chi connectivity index (χ1v) is 9.64. The van der Waals surface area contributed by atoms with Crippen molar-refractivity contribution in [2.24, 2.45) is 0 Å². The van der Waals surface area contributed by atoms with E-state index in [1.54, 1.807) is 26.0 Å². The predicted molar refractivity (Wildman–Crippen MR) is 102 cm³/mol. The van der Waals surface area contributed by atoms with Crippen LogP contribution in [0, 0.1) is 13.8 Å². The van der Waals surface area contributed by atoms with Gasteiger partial charge >= 0.3 is 5.97 Å². The molecule has 0 unspecified atom stereocenters. The molecule has 0 saturated heterocycles. The topological polar surface area (TPSA) is 90.3 Å². The van der Waals surface area contributed by atoms with Gasteiger partial charge in [0.1, 0.15) is 5.82 Å². The van der Waals surface area contributed by atoms with Gasteiger partial charge in [-0.2, -0.15) is 5.10 Å². The van der Waals surface area contributed by atoms with Crippen LogP contribution in [-0.4, -0.2) is 31.3 Å². The number of aryl methyl sites for hydroxylation is 2. The van der Waals surface area contributed by atoms with Crippen LogP contribution in [0.25, 0.3) is 5.69 Å². The largest absolute Gasteiger partial charge is 0.465 e. The van der Waals surface area contributed by atoms with Gasteiger partial charge in [-0.25, -0.2) is 17.9 Å². The van der Waals surface area contributed by atoms with Crippen LogP contribution >= 0.6 is 0 Å². The van der Waals surface area contributed by atoms with Gasteiger partial charge in [-0.15, -0.1) is 0 Å². The first-order chi connectivity index (χ1) is 12.8. The van der Waals surface area contributed by atoms with E-state index in [9.17, 15) is 13.2 Å². The van der Waals surface area contributed by atoms with Crippen molar-refractivity contribution < 1.29 is 17.9 Å². The molecule has 3 rings (SSSR count). The Morgan fingerprint density at radius 3 is 2.44 bits per heavy atom. The highest BCUT2D eigenvalue weighted by Crippen LogP contribution is 2.22. The van der Waals surface area contributed by atoms with Crippen molar-refractivity contribution in [3.63, 3.8) is 0 Å². The monoisotopic (exact) mass is 385 g/mol. The fourth-order valence-corrected chi connectivity index (χ4v) is 3.69. The van der Waals surface area contributed by atoms with E-state index in [0.29, 0.717) is 17.1 Å². The normalized spacial score (nSPS) is 11.2. The number of methoxy groups -OCH3 is 1.